The summed E-state index contributed by atoms with van der Waals surface area (Å²) in [6, 6.07) is 0.707. The average molecular weight is 255 g/mol. The number of carbonyl (C=O) groups is 1. The van der Waals surface area contributed by atoms with E-state index in [1.165, 1.54) is 32.4 Å². The number of nitrogens with zero attached hydrogens (tertiary/aromatic N) is 1. The van der Waals surface area contributed by atoms with Crippen molar-refractivity contribution in [1.29, 1.82) is 0 Å². The van der Waals surface area contributed by atoms with Crippen molar-refractivity contribution in [2.45, 2.75) is 58.5 Å². The van der Waals surface area contributed by atoms with Gasteiger partial charge in [0.25, 0.3) is 0 Å². The summed E-state index contributed by atoms with van der Waals surface area (Å²) < 4.78 is 0. The Morgan fingerprint density at radius 3 is 2.44 bits per heavy atom. The third-order valence-electron chi connectivity index (χ3n) is 3.28. The van der Waals surface area contributed by atoms with Crippen LogP contribution in [0.4, 0.5) is 0 Å². The van der Waals surface area contributed by atoms with Crippen LogP contribution in [0.15, 0.2) is 0 Å². The number of carbonyl (C=O) groups excluding carboxylic acids is 1. The van der Waals surface area contributed by atoms with Crippen LogP contribution in [-0.4, -0.2) is 49.1 Å². The second-order valence-electron chi connectivity index (χ2n) is 5.69. The van der Waals surface area contributed by atoms with Gasteiger partial charge >= 0.3 is 0 Å². The second kappa shape index (κ2) is 8.48. The summed E-state index contributed by atoms with van der Waals surface area (Å²) in [4.78, 5) is 14.0. The van der Waals surface area contributed by atoms with Gasteiger partial charge in [-0.15, -0.1) is 0 Å². The third-order valence-corrected chi connectivity index (χ3v) is 3.28. The third kappa shape index (κ3) is 6.97. The van der Waals surface area contributed by atoms with Gasteiger partial charge in [0.15, 0.2) is 0 Å². The Morgan fingerprint density at radius 1 is 1.17 bits per heavy atom. The summed E-state index contributed by atoms with van der Waals surface area (Å²) in [5.41, 5.74) is 0. The van der Waals surface area contributed by atoms with E-state index in [9.17, 15) is 4.79 Å². The number of nitrogens with one attached hydrogen (secondary N) is 2. The molecule has 1 unspecified atom stereocenters. The number of likely N-dealkylation sites (tertiary alicyclic amines) is 1. The lowest BCUT2D eigenvalue weighted by Crippen LogP contribution is -2.42. The molecule has 1 aliphatic rings. The van der Waals surface area contributed by atoms with E-state index in [1.54, 1.807) is 0 Å². The van der Waals surface area contributed by atoms with Gasteiger partial charge in [0.05, 0.1) is 0 Å². The number of hydrogen-bond donors (Lipinski definition) is 2. The first kappa shape index (κ1) is 15.4. The Labute approximate surface area is 111 Å². The molecule has 0 saturated carbocycles. The van der Waals surface area contributed by atoms with E-state index in [-0.39, 0.29) is 11.9 Å². The molecule has 106 valence electrons. The lowest BCUT2D eigenvalue weighted by Gasteiger charge is -2.29. The summed E-state index contributed by atoms with van der Waals surface area (Å²) in [6.07, 6.45) is 4.63. The summed E-state index contributed by atoms with van der Waals surface area (Å²) in [6.45, 7) is 10.5. The van der Waals surface area contributed by atoms with Crippen molar-refractivity contribution in [2.75, 3.05) is 26.2 Å². The first-order valence-electron chi connectivity index (χ1n) is 7.33. The molecule has 2 N–H and O–H groups in total. The topological polar surface area (TPSA) is 44.4 Å². The van der Waals surface area contributed by atoms with Crippen molar-refractivity contribution in [3.8, 4) is 0 Å². The molecule has 0 spiro atoms. The number of hydrogen-bond acceptors (Lipinski definition) is 3. The zero-order chi connectivity index (χ0) is 13.4. The quantitative estimate of drug-likeness (QED) is 0.722. The molecule has 1 rings (SSSR count). The van der Waals surface area contributed by atoms with Crippen LogP contribution in [0.25, 0.3) is 0 Å². The predicted octanol–water partition coefficient (Wildman–Crippen LogP) is 1.37. The fourth-order valence-electron chi connectivity index (χ4n) is 2.42. The summed E-state index contributed by atoms with van der Waals surface area (Å²) in [5, 5.41) is 6.34. The zero-order valence-corrected chi connectivity index (χ0v) is 12.2. The zero-order valence-electron chi connectivity index (χ0n) is 12.2. The standard InChI is InChI=1S/C14H29N3O/c1-12(2)16-14(18)7-8-15-13(3)11-17-9-5-4-6-10-17/h12-13,15H,4-11H2,1-3H3,(H,16,18). The Bertz CT molecular complexity index is 237. The Hall–Kier alpha value is -0.610. The highest BCUT2D eigenvalue weighted by Crippen LogP contribution is 2.08. The molecule has 1 heterocycles. The van der Waals surface area contributed by atoms with Crippen LogP contribution in [0.2, 0.25) is 0 Å². The molecule has 1 aliphatic heterocycles. The average Bonchev–Trinajstić information content (AvgIpc) is 2.29. The summed E-state index contributed by atoms with van der Waals surface area (Å²) in [7, 11) is 0. The molecule has 1 amide bonds. The van der Waals surface area contributed by atoms with Crippen LogP contribution in [0.3, 0.4) is 0 Å². The van der Waals surface area contributed by atoms with Gasteiger partial charge in [0.1, 0.15) is 0 Å². The fourth-order valence-corrected chi connectivity index (χ4v) is 2.42. The largest absolute Gasteiger partial charge is 0.354 e. The highest BCUT2D eigenvalue weighted by molar-refractivity contribution is 5.76. The molecule has 1 atom stereocenters. The Balaban J connectivity index is 2.05. The van der Waals surface area contributed by atoms with Gasteiger partial charge in [-0.05, 0) is 46.7 Å². The van der Waals surface area contributed by atoms with Crippen LogP contribution in [0.1, 0.15) is 46.5 Å². The van der Waals surface area contributed by atoms with Gasteiger partial charge < -0.3 is 15.5 Å². The molecule has 4 heteroatoms. The minimum Gasteiger partial charge on any atom is -0.354 e. The van der Waals surface area contributed by atoms with Gasteiger partial charge in [0.2, 0.25) is 5.91 Å². The van der Waals surface area contributed by atoms with Crippen LogP contribution in [-0.2, 0) is 4.79 Å². The van der Waals surface area contributed by atoms with Crippen molar-refractivity contribution in [3.05, 3.63) is 0 Å². The SMILES string of the molecule is CC(C)NC(=O)CCNC(C)CN1CCCCC1. The fraction of sp³-hybridized carbons (Fsp3) is 0.929. The first-order valence-corrected chi connectivity index (χ1v) is 7.33. The maximum Gasteiger partial charge on any atom is 0.221 e. The second-order valence-corrected chi connectivity index (χ2v) is 5.69. The maximum absolute atomic E-state index is 11.5. The minimum atomic E-state index is 0.141. The van der Waals surface area contributed by atoms with E-state index >= 15 is 0 Å². The molecule has 1 fully saturated rings. The van der Waals surface area contributed by atoms with Crippen molar-refractivity contribution < 1.29 is 4.79 Å². The molecule has 0 aromatic heterocycles. The molecular formula is C14H29N3O. The monoisotopic (exact) mass is 255 g/mol. The van der Waals surface area contributed by atoms with Gasteiger partial charge in [0, 0.05) is 31.6 Å². The summed E-state index contributed by atoms with van der Waals surface area (Å²) >= 11 is 0. The van der Waals surface area contributed by atoms with Gasteiger partial charge in [-0.1, -0.05) is 6.42 Å². The lowest BCUT2D eigenvalue weighted by molar-refractivity contribution is -0.121. The molecule has 0 aromatic rings. The van der Waals surface area contributed by atoms with Gasteiger partial charge in [-0.25, -0.2) is 0 Å². The molecule has 1 saturated heterocycles. The van der Waals surface area contributed by atoms with E-state index in [0.717, 1.165) is 13.1 Å². The molecular weight excluding hydrogens is 226 g/mol. The first-order chi connectivity index (χ1) is 8.58. The van der Waals surface area contributed by atoms with Crippen LogP contribution in [0.5, 0.6) is 0 Å². The minimum absolute atomic E-state index is 0.141. The smallest absolute Gasteiger partial charge is 0.221 e. The Morgan fingerprint density at radius 2 is 1.83 bits per heavy atom. The van der Waals surface area contributed by atoms with Gasteiger partial charge in [-0.3, -0.25) is 4.79 Å². The van der Waals surface area contributed by atoms with E-state index in [4.69, 9.17) is 0 Å². The molecule has 0 radical (unpaired) electrons. The molecule has 0 aliphatic carbocycles. The van der Waals surface area contributed by atoms with E-state index in [2.05, 4.69) is 22.5 Å². The van der Waals surface area contributed by atoms with Crippen molar-refractivity contribution >= 4 is 5.91 Å². The van der Waals surface area contributed by atoms with E-state index < -0.39 is 0 Å². The molecule has 18 heavy (non-hydrogen) atoms. The predicted molar refractivity (Wildman–Crippen MR) is 75.7 cm³/mol. The molecule has 0 aromatic carbocycles. The maximum atomic E-state index is 11.5. The normalized spacial score (nSPS) is 18.9. The number of piperidine rings is 1. The molecule has 0 bridgehead atoms. The summed E-state index contributed by atoms with van der Waals surface area (Å²) in [5.74, 6) is 0.141. The number of rotatable bonds is 7. The van der Waals surface area contributed by atoms with E-state index in [1.807, 2.05) is 13.8 Å². The van der Waals surface area contributed by atoms with Crippen LogP contribution in [0, 0.1) is 0 Å². The Kier molecular flexibility index (Phi) is 7.28. The van der Waals surface area contributed by atoms with Gasteiger partial charge in [-0.2, -0.15) is 0 Å². The number of amides is 1. The highest BCUT2D eigenvalue weighted by Gasteiger charge is 2.13. The highest BCUT2D eigenvalue weighted by atomic mass is 16.1. The van der Waals surface area contributed by atoms with Crippen LogP contribution >= 0.6 is 0 Å². The van der Waals surface area contributed by atoms with E-state index in [0.29, 0.717) is 12.5 Å². The van der Waals surface area contributed by atoms with Crippen molar-refractivity contribution in [2.24, 2.45) is 0 Å². The lowest BCUT2D eigenvalue weighted by atomic mass is 10.1. The van der Waals surface area contributed by atoms with Crippen molar-refractivity contribution in [3.63, 3.8) is 0 Å². The van der Waals surface area contributed by atoms with Crippen molar-refractivity contribution in [1.82, 2.24) is 15.5 Å². The molecule has 4 nitrogen and oxygen atoms in total. The van der Waals surface area contributed by atoms with Crippen LogP contribution < -0.4 is 10.6 Å².